The van der Waals surface area contributed by atoms with Crippen molar-refractivity contribution in [1.29, 1.82) is 0 Å². The highest BCUT2D eigenvalue weighted by Crippen LogP contribution is 2.25. The summed E-state index contributed by atoms with van der Waals surface area (Å²) >= 11 is 0. The fourth-order valence-corrected chi connectivity index (χ4v) is 4.54. The number of esters is 3. The van der Waals surface area contributed by atoms with Gasteiger partial charge in [0.25, 0.3) is 0 Å². The molecule has 0 aliphatic carbocycles. The minimum Gasteiger partial charge on any atom is -0.465 e. The molecule has 0 unspecified atom stereocenters. The zero-order valence-electron chi connectivity index (χ0n) is 26.3. The summed E-state index contributed by atoms with van der Waals surface area (Å²) < 4.78 is 32.0. The average Bonchev–Trinajstić information content (AvgIpc) is 3.13. The lowest BCUT2D eigenvalue weighted by molar-refractivity contribution is -0.145. The molecule has 1 heterocycles. The van der Waals surface area contributed by atoms with Crippen LogP contribution in [-0.2, 0) is 37.0 Å². The molecule has 0 fully saturated rings. The molecule has 12 nitrogen and oxygen atoms in total. The Morgan fingerprint density at radius 2 is 1.41 bits per heavy atom. The highest BCUT2D eigenvalue weighted by molar-refractivity contribution is 5.89. The molecule has 1 atom stereocenters. The zero-order chi connectivity index (χ0) is 34.6. The summed E-state index contributed by atoms with van der Waals surface area (Å²) in [5.74, 6) is -1.78. The lowest BCUT2D eigenvalue weighted by atomic mass is 10.1. The quantitative estimate of drug-likeness (QED) is 0.0881. The van der Waals surface area contributed by atoms with Crippen molar-refractivity contribution < 1.29 is 47.3 Å². The third kappa shape index (κ3) is 9.55. The van der Waals surface area contributed by atoms with Gasteiger partial charge in [0, 0.05) is 12.5 Å². The van der Waals surface area contributed by atoms with Crippen LogP contribution in [0.4, 0.5) is 4.79 Å². The molecule has 49 heavy (non-hydrogen) atoms. The minimum absolute atomic E-state index is 0.0174. The number of hydrogen-bond acceptors (Lipinski definition) is 11. The van der Waals surface area contributed by atoms with Crippen molar-refractivity contribution in [2.75, 3.05) is 7.11 Å². The molecule has 1 amide bonds. The molecule has 4 aromatic carbocycles. The zero-order valence-corrected chi connectivity index (χ0v) is 26.3. The maximum Gasteiger partial charge on any atom is 0.408 e. The van der Waals surface area contributed by atoms with Gasteiger partial charge in [-0.05, 0) is 53.9 Å². The number of alkyl carbamates (subject to hydrolysis) is 1. The number of amides is 1. The van der Waals surface area contributed by atoms with Crippen LogP contribution < -0.4 is 20.2 Å². The van der Waals surface area contributed by atoms with Crippen molar-refractivity contribution in [3.63, 3.8) is 0 Å². The van der Waals surface area contributed by atoms with Crippen LogP contribution in [0.1, 0.15) is 34.3 Å². The third-order valence-corrected chi connectivity index (χ3v) is 7.11. The monoisotopic (exact) mass is 665 g/mol. The number of benzene rings is 4. The second-order valence-corrected chi connectivity index (χ2v) is 10.6. The van der Waals surface area contributed by atoms with Crippen molar-refractivity contribution in [3.05, 3.63) is 136 Å². The Balaban J connectivity index is 1.25. The van der Waals surface area contributed by atoms with E-state index in [9.17, 15) is 24.0 Å². The molecule has 0 aliphatic heterocycles. The van der Waals surface area contributed by atoms with E-state index in [0.29, 0.717) is 5.56 Å². The Kier molecular flexibility index (Phi) is 11.4. The normalized spacial score (nSPS) is 11.2. The Morgan fingerprint density at radius 1 is 0.776 bits per heavy atom. The topological polar surface area (TPSA) is 157 Å². The van der Waals surface area contributed by atoms with Crippen LogP contribution >= 0.6 is 0 Å². The Labute approximate surface area is 280 Å². The highest BCUT2D eigenvalue weighted by atomic mass is 16.6. The molecule has 1 aromatic heterocycles. The molecule has 5 rings (SSSR count). The minimum atomic E-state index is -1.28. The van der Waals surface area contributed by atoms with E-state index >= 15 is 0 Å². The van der Waals surface area contributed by atoms with E-state index in [1.54, 1.807) is 24.3 Å². The first-order chi connectivity index (χ1) is 23.8. The summed E-state index contributed by atoms with van der Waals surface area (Å²) in [5.41, 5.74) is 1.45. The van der Waals surface area contributed by atoms with E-state index in [1.807, 2.05) is 36.4 Å². The number of hydrogen-bond donors (Lipinski definition) is 1. The van der Waals surface area contributed by atoms with Crippen molar-refractivity contribution in [3.8, 4) is 17.2 Å². The van der Waals surface area contributed by atoms with Gasteiger partial charge in [0.1, 0.15) is 42.6 Å². The summed E-state index contributed by atoms with van der Waals surface area (Å²) in [6.07, 6.45) is -0.123. The van der Waals surface area contributed by atoms with Gasteiger partial charge >= 0.3 is 24.0 Å². The van der Waals surface area contributed by atoms with Crippen molar-refractivity contribution in [2.45, 2.75) is 32.1 Å². The number of methoxy groups -OCH3 is 1. The van der Waals surface area contributed by atoms with E-state index < -0.39 is 35.5 Å². The Hall–Kier alpha value is -6.43. The van der Waals surface area contributed by atoms with Gasteiger partial charge in [-0.2, -0.15) is 0 Å². The number of ether oxygens (including phenoxy) is 5. The number of carbonyl (C=O) groups excluding carboxylic acids is 4. The van der Waals surface area contributed by atoms with Crippen LogP contribution in [0.5, 0.6) is 17.2 Å². The first-order valence-electron chi connectivity index (χ1n) is 15.1. The van der Waals surface area contributed by atoms with Crippen LogP contribution in [-0.4, -0.2) is 37.2 Å². The Bertz CT molecular complexity index is 1970. The van der Waals surface area contributed by atoms with Gasteiger partial charge in [-0.3, -0.25) is 9.59 Å². The summed E-state index contributed by atoms with van der Waals surface area (Å²) in [6.45, 7) is 0.0137. The highest BCUT2D eigenvalue weighted by Gasteiger charge is 2.25. The van der Waals surface area contributed by atoms with Crippen LogP contribution in [0.25, 0.3) is 11.0 Å². The molecule has 5 aromatic rings. The molecular formula is C37H31NO11. The van der Waals surface area contributed by atoms with E-state index in [4.69, 9.17) is 23.4 Å². The van der Waals surface area contributed by atoms with E-state index in [1.165, 1.54) is 49.6 Å². The predicted octanol–water partition coefficient (Wildman–Crippen LogP) is 6.10. The summed E-state index contributed by atoms with van der Waals surface area (Å²) in [6, 6.07) is 26.9. The number of nitrogens with one attached hydrogen (secondary N) is 1. The standard InChI is InChI=1S/C37H31NO11/c1-44-35(41)26-12-14-27(15-13-26)48-32-23-45-31-20-28(16-17-29(31)34(32)40)49-36(42)30(38-37(43)47-22-25-10-6-3-7-11-25)18-19-33(39)46-21-24-8-4-2-5-9-24/h2-17,20,23,30H,18-19,21-22H2,1H3,(H,38,43)/t30-/m1/s1. The molecule has 0 saturated heterocycles. The lowest BCUT2D eigenvalue weighted by Crippen LogP contribution is -2.43. The van der Waals surface area contributed by atoms with Crippen LogP contribution in [0.15, 0.2) is 119 Å². The van der Waals surface area contributed by atoms with Gasteiger partial charge in [0.05, 0.1) is 18.1 Å². The number of fused-ring (bicyclic) bond motifs is 1. The molecule has 1 N–H and O–H groups in total. The van der Waals surface area contributed by atoms with Crippen LogP contribution in [0.2, 0.25) is 0 Å². The molecule has 0 radical (unpaired) electrons. The van der Waals surface area contributed by atoms with Gasteiger partial charge in [-0.15, -0.1) is 0 Å². The first-order valence-corrected chi connectivity index (χ1v) is 15.1. The van der Waals surface area contributed by atoms with Gasteiger partial charge in [0.2, 0.25) is 11.2 Å². The second-order valence-electron chi connectivity index (χ2n) is 10.6. The summed E-state index contributed by atoms with van der Waals surface area (Å²) in [5, 5.41) is 2.61. The molecule has 0 bridgehead atoms. The molecule has 0 spiro atoms. The SMILES string of the molecule is COC(=O)c1ccc(Oc2coc3cc(OC(=O)[C@@H](CCC(=O)OCc4ccccc4)NC(=O)OCc4ccccc4)ccc3c2=O)cc1. The summed E-state index contributed by atoms with van der Waals surface area (Å²) in [4.78, 5) is 63.2. The molecule has 250 valence electrons. The fraction of sp³-hybridized carbons (Fsp3) is 0.162. The maximum atomic E-state index is 13.3. The van der Waals surface area contributed by atoms with Crippen molar-refractivity contribution >= 4 is 35.0 Å². The smallest absolute Gasteiger partial charge is 0.408 e. The van der Waals surface area contributed by atoms with E-state index in [2.05, 4.69) is 10.1 Å². The average molecular weight is 666 g/mol. The number of rotatable bonds is 13. The predicted molar refractivity (Wildman–Crippen MR) is 175 cm³/mol. The molecular weight excluding hydrogens is 634 g/mol. The van der Waals surface area contributed by atoms with Gasteiger partial charge in [0.15, 0.2) is 0 Å². The third-order valence-electron chi connectivity index (χ3n) is 7.11. The van der Waals surface area contributed by atoms with Gasteiger partial charge in [-0.25, -0.2) is 14.4 Å². The van der Waals surface area contributed by atoms with E-state index in [-0.39, 0.29) is 54.3 Å². The summed E-state index contributed by atoms with van der Waals surface area (Å²) in [7, 11) is 1.27. The maximum absolute atomic E-state index is 13.3. The molecule has 0 saturated carbocycles. The van der Waals surface area contributed by atoms with Crippen LogP contribution in [0.3, 0.4) is 0 Å². The second kappa shape index (κ2) is 16.4. The fourth-order valence-electron chi connectivity index (χ4n) is 4.54. The van der Waals surface area contributed by atoms with E-state index in [0.717, 1.165) is 17.4 Å². The number of carbonyl (C=O) groups is 4. The van der Waals surface area contributed by atoms with Crippen molar-refractivity contribution in [2.24, 2.45) is 0 Å². The van der Waals surface area contributed by atoms with Gasteiger partial charge < -0.3 is 33.4 Å². The molecule has 0 aliphatic rings. The van der Waals surface area contributed by atoms with Crippen LogP contribution in [0, 0.1) is 0 Å². The first kappa shape index (κ1) is 33.9. The Morgan fingerprint density at radius 3 is 2.06 bits per heavy atom. The lowest BCUT2D eigenvalue weighted by Gasteiger charge is -2.17. The van der Waals surface area contributed by atoms with Gasteiger partial charge in [-0.1, -0.05) is 60.7 Å². The van der Waals surface area contributed by atoms with Crippen molar-refractivity contribution in [1.82, 2.24) is 5.32 Å². The largest absolute Gasteiger partial charge is 0.465 e. The molecule has 12 heteroatoms.